The van der Waals surface area contributed by atoms with Crippen molar-refractivity contribution in [3.05, 3.63) is 53.1 Å². The molecular weight excluding hydrogens is 438 g/mol. The first-order valence-electron chi connectivity index (χ1n) is 9.26. The highest BCUT2D eigenvalue weighted by atomic mass is 35.5. The Morgan fingerprint density at radius 3 is 2.58 bits per heavy atom. The Balaban J connectivity index is 1.61. The lowest BCUT2D eigenvalue weighted by Gasteiger charge is -2.10. The first-order valence-corrected chi connectivity index (χ1v) is 10.6. The van der Waals surface area contributed by atoms with Gasteiger partial charge in [-0.2, -0.15) is 5.10 Å². The van der Waals surface area contributed by atoms with Crippen LogP contribution in [0, 0.1) is 0 Å². The van der Waals surface area contributed by atoms with Gasteiger partial charge >= 0.3 is 0 Å². The maximum absolute atomic E-state index is 12.3. The molecule has 0 saturated heterocycles. The highest BCUT2D eigenvalue weighted by molar-refractivity contribution is 7.99. The molecule has 0 aliphatic heterocycles. The number of ether oxygens (including phenoxy) is 2. The monoisotopic (exact) mass is 459 g/mol. The number of methoxy groups -OCH3 is 2. The molecule has 1 aromatic heterocycles. The summed E-state index contributed by atoms with van der Waals surface area (Å²) in [6.45, 7) is 1.79. The summed E-state index contributed by atoms with van der Waals surface area (Å²) in [6, 6.07) is 12.7. The van der Waals surface area contributed by atoms with E-state index in [1.54, 1.807) is 45.4 Å². The van der Waals surface area contributed by atoms with Crippen LogP contribution in [0.5, 0.6) is 11.5 Å². The molecule has 0 aliphatic rings. The van der Waals surface area contributed by atoms with Crippen molar-refractivity contribution >= 4 is 35.0 Å². The molecule has 1 heterocycles. The minimum atomic E-state index is -0.257. The largest absolute Gasteiger partial charge is 0.497 e. The molecule has 8 nitrogen and oxygen atoms in total. The second-order valence-corrected chi connectivity index (χ2v) is 7.84. The fraction of sp³-hybridized carbons (Fsp3) is 0.238. The van der Waals surface area contributed by atoms with Gasteiger partial charge in [-0.25, -0.2) is 5.43 Å². The van der Waals surface area contributed by atoms with Gasteiger partial charge in [-0.1, -0.05) is 23.4 Å². The number of thioether (sulfide) groups is 1. The average Bonchev–Trinajstić information content (AvgIpc) is 3.16. The van der Waals surface area contributed by atoms with Gasteiger partial charge in [0.05, 0.1) is 25.7 Å². The van der Waals surface area contributed by atoms with Gasteiger partial charge in [-0.15, -0.1) is 10.2 Å². The number of nitrogens with zero attached hydrogens (tertiary/aromatic N) is 4. The number of nitrogens with one attached hydrogen (secondary N) is 1. The zero-order valence-corrected chi connectivity index (χ0v) is 19.1. The lowest BCUT2D eigenvalue weighted by molar-refractivity contribution is -0.118. The molecule has 3 aromatic rings. The van der Waals surface area contributed by atoms with Crippen molar-refractivity contribution in [3.63, 3.8) is 0 Å². The summed E-state index contributed by atoms with van der Waals surface area (Å²) in [5.74, 6) is 1.87. The molecule has 0 bridgehead atoms. The van der Waals surface area contributed by atoms with Crippen molar-refractivity contribution in [2.45, 2.75) is 12.1 Å². The smallest absolute Gasteiger partial charge is 0.250 e. The predicted molar refractivity (Wildman–Crippen MR) is 122 cm³/mol. The van der Waals surface area contributed by atoms with Gasteiger partial charge in [0.1, 0.15) is 11.5 Å². The summed E-state index contributed by atoms with van der Waals surface area (Å²) < 4.78 is 12.4. The van der Waals surface area contributed by atoms with Gasteiger partial charge in [0.25, 0.3) is 5.91 Å². The lowest BCUT2D eigenvalue weighted by atomic mass is 10.1. The zero-order valence-electron chi connectivity index (χ0n) is 17.5. The van der Waals surface area contributed by atoms with E-state index in [2.05, 4.69) is 20.7 Å². The summed E-state index contributed by atoms with van der Waals surface area (Å²) in [7, 11) is 5.01. The third-order valence-electron chi connectivity index (χ3n) is 4.42. The molecule has 0 atom stereocenters. The number of amides is 1. The Hall–Kier alpha value is -3.04. The van der Waals surface area contributed by atoms with E-state index in [-0.39, 0.29) is 11.7 Å². The van der Waals surface area contributed by atoms with Crippen molar-refractivity contribution in [2.75, 3.05) is 20.0 Å². The second kappa shape index (κ2) is 10.3. The Labute approximate surface area is 189 Å². The molecule has 1 N–H and O–H groups in total. The summed E-state index contributed by atoms with van der Waals surface area (Å²) in [4.78, 5) is 12.3. The first kappa shape index (κ1) is 22.6. The van der Waals surface area contributed by atoms with E-state index in [0.717, 1.165) is 11.1 Å². The van der Waals surface area contributed by atoms with Gasteiger partial charge in [-0.05, 0) is 43.3 Å². The Morgan fingerprint density at radius 1 is 1.16 bits per heavy atom. The van der Waals surface area contributed by atoms with Gasteiger partial charge in [0.15, 0.2) is 11.0 Å². The number of benzene rings is 2. The summed E-state index contributed by atoms with van der Waals surface area (Å²) in [6.07, 6.45) is 0. The molecule has 0 radical (unpaired) electrons. The normalized spacial score (nSPS) is 11.3. The molecule has 31 heavy (non-hydrogen) atoms. The third kappa shape index (κ3) is 5.56. The van der Waals surface area contributed by atoms with Crippen LogP contribution in [0.3, 0.4) is 0 Å². The average molecular weight is 460 g/mol. The van der Waals surface area contributed by atoms with E-state index in [0.29, 0.717) is 33.2 Å². The van der Waals surface area contributed by atoms with Crippen LogP contribution in [0.25, 0.3) is 11.4 Å². The molecule has 0 spiro atoms. The molecule has 0 unspecified atom stereocenters. The molecule has 2 aromatic carbocycles. The predicted octanol–water partition coefficient (Wildman–Crippen LogP) is 3.79. The van der Waals surface area contributed by atoms with Crippen molar-refractivity contribution < 1.29 is 14.3 Å². The maximum Gasteiger partial charge on any atom is 0.250 e. The van der Waals surface area contributed by atoms with Crippen LogP contribution in [0.2, 0.25) is 5.02 Å². The van der Waals surface area contributed by atoms with Gasteiger partial charge in [-0.3, -0.25) is 4.79 Å². The highest BCUT2D eigenvalue weighted by Gasteiger charge is 2.13. The number of hydrazone groups is 1. The standard InChI is InChI=1S/C21H22ClN5O3S/c1-13(17-10-9-16(29-3)11-18(17)30-4)23-24-19(28)12-31-21-26-25-20(27(21)2)14-5-7-15(22)8-6-14/h5-11H,12H2,1-4H3,(H,24,28)/b23-13-. The number of carbonyl (C=O) groups excluding carboxylic acids is 1. The molecule has 0 aliphatic carbocycles. The van der Waals surface area contributed by atoms with E-state index in [4.69, 9.17) is 21.1 Å². The molecule has 10 heteroatoms. The Morgan fingerprint density at radius 2 is 1.90 bits per heavy atom. The fourth-order valence-corrected chi connectivity index (χ4v) is 3.59. The number of hydrogen-bond acceptors (Lipinski definition) is 7. The topological polar surface area (TPSA) is 90.6 Å². The summed E-state index contributed by atoms with van der Waals surface area (Å²) in [5.41, 5.74) is 4.83. The molecule has 162 valence electrons. The summed E-state index contributed by atoms with van der Waals surface area (Å²) >= 11 is 7.21. The van der Waals surface area contributed by atoms with Crippen molar-refractivity contribution in [1.82, 2.24) is 20.2 Å². The number of halogens is 1. The number of hydrogen-bond donors (Lipinski definition) is 1. The molecular formula is C21H22ClN5O3S. The zero-order chi connectivity index (χ0) is 22.4. The molecule has 1 amide bonds. The van der Waals surface area contributed by atoms with Crippen LogP contribution in [-0.4, -0.2) is 46.4 Å². The highest BCUT2D eigenvalue weighted by Crippen LogP contribution is 2.25. The number of carbonyl (C=O) groups is 1. The minimum absolute atomic E-state index is 0.142. The van der Waals surface area contributed by atoms with Gasteiger partial charge in [0, 0.05) is 29.3 Å². The van der Waals surface area contributed by atoms with Crippen molar-refractivity contribution in [3.8, 4) is 22.9 Å². The van der Waals surface area contributed by atoms with Crippen LogP contribution in [-0.2, 0) is 11.8 Å². The van der Waals surface area contributed by atoms with Gasteiger partial charge in [0.2, 0.25) is 0 Å². The van der Waals surface area contributed by atoms with E-state index in [9.17, 15) is 4.79 Å². The van der Waals surface area contributed by atoms with E-state index in [1.165, 1.54) is 11.8 Å². The van der Waals surface area contributed by atoms with Crippen molar-refractivity contribution in [2.24, 2.45) is 12.1 Å². The fourth-order valence-electron chi connectivity index (χ4n) is 2.76. The molecule has 3 rings (SSSR count). The maximum atomic E-state index is 12.3. The molecule has 0 saturated carbocycles. The van der Waals surface area contributed by atoms with Crippen LogP contribution < -0.4 is 14.9 Å². The first-order chi connectivity index (χ1) is 14.9. The van der Waals surface area contributed by atoms with Gasteiger partial charge < -0.3 is 14.0 Å². The quantitative estimate of drug-likeness (QED) is 0.313. The minimum Gasteiger partial charge on any atom is -0.497 e. The lowest BCUT2D eigenvalue weighted by Crippen LogP contribution is -2.21. The van der Waals surface area contributed by atoms with Crippen LogP contribution >= 0.6 is 23.4 Å². The Bertz CT molecular complexity index is 1100. The summed E-state index contributed by atoms with van der Waals surface area (Å²) in [5, 5.41) is 13.8. The van der Waals surface area contributed by atoms with E-state index < -0.39 is 0 Å². The van der Waals surface area contributed by atoms with Crippen molar-refractivity contribution in [1.29, 1.82) is 0 Å². The second-order valence-electron chi connectivity index (χ2n) is 6.46. The molecule has 0 fully saturated rings. The van der Waals surface area contributed by atoms with E-state index >= 15 is 0 Å². The van der Waals surface area contributed by atoms with Crippen LogP contribution in [0.15, 0.2) is 52.7 Å². The number of rotatable bonds is 8. The SMILES string of the molecule is COc1ccc(/C(C)=N\NC(=O)CSc2nnc(-c3ccc(Cl)cc3)n2C)c(OC)c1. The van der Waals surface area contributed by atoms with Crippen LogP contribution in [0.4, 0.5) is 0 Å². The van der Waals surface area contributed by atoms with E-state index in [1.807, 2.05) is 29.8 Å². The Kier molecular flexibility index (Phi) is 7.54. The number of aromatic nitrogens is 3. The van der Waals surface area contributed by atoms with Crippen LogP contribution in [0.1, 0.15) is 12.5 Å². The third-order valence-corrected chi connectivity index (χ3v) is 5.69.